The first-order valence-electron chi connectivity index (χ1n) is 6.43. The molecule has 1 aliphatic rings. The first-order valence-corrected chi connectivity index (χ1v) is 6.43. The second-order valence-corrected chi connectivity index (χ2v) is 4.73. The van der Waals surface area contributed by atoms with Gasteiger partial charge in [0.05, 0.1) is 12.1 Å². The molecule has 2 atom stereocenters. The molecule has 4 nitrogen and oxygen atoms in total. The van der Waals surface area contributed by atoms with Crippen LogP contribution in [0, 0.1) is 6.92 Å². The Bertz CT molecular complexity index is 332. The molecule has 96 valence electrons. The van der Waals surface area contributed by atoms with E-state index in [0.717, 1.165) is 37.4 Å². The Morgan fingerprint density at radius 1 is 1.53 bits per heavy atom. The molecule has 0 saturated carbocycles. The molecule has 4 heteroatoms. The highest BCUT2D eigenvalue weighted by atomic mass is 16.5. The molecule has 0 amide bonds. The smallest absolute Gasteiger partial charge is 0.122 e. The molecule has 0 radical (unpaired) electrons. The third-order valence-corrected chi connectivity index (χ3v) is 3.35. The standard InChI is InChI=1S/C13H22N2O2/c1-10-7-8-13(17-10)12(15-14)6-2-4-11-5-3-9-16-11/h7-8,11-12,15H,2-6,9,14H2,1H3. The van der Waals surface area contributed by atoms with Gasteiger partial charge in [0, 0.05) is 6.61 Å². The maximum absolute atomic E-state index is 5.60. The lowest BCUT2D eigenvalue weighted by Crippen LogP contribution is -2.27. The lowest BCUT2D eigenvalue weighted by atomic mass is 10.0. The van der Waals surface area contributed by atoms with E-state index in [9.17, 15) is 0 Å². The first kappa shape index (κ1) is 12.6. The molecular formula is C13H22N2O2. The van der Waals surface area contributed by atoms with Gasteiger partial charge in [-0.05, 0) is 51.2 Å². The number of nitrogens with two attached hydrogens (primary N) is 1. The Kier molecular flexibility index (Phi) is 4.59. The van der Waals surface area contributed by atoms with Gasteiger partial charge in [-0.3, -0.25) is 5.84 Å². The average Bonchev–Trinajstić information content (AvgIpc) is 2.96. The summed E-state index contributed by atoms with van der Waals surface area (Å²) in [6, 6.07) is 4.08. The van der Waals surface area contributed by atoms with Crippen molar-refractivity contribution in [3.8, 4) is 0 Å². The number of ether oxygens (including phenoxy) is 1. The van der Waals surface area contributed by atoms with Gasteiger partial charge in [-0.2, -0.15) is 0 Å². The van der Waals surface area contributed by atoms with E-state index in [2.05, 4.69) is 5.43 Å². The summed E-state index contributed by atoms with van der Waals surface area (Å²) in [5.74, 6) is 7.43. The Hall–Kier alpha value is -0.840. The summed E-state index contributed by atoms with van der Waals surface area (Å²) in [6.07, 6.45) is 6.11. The topological polar surface area (TPSA) is 60.4 Å². The van der Waals surface area contributed by atoms with Crippen LogP contribution in [0.15, 0.2) is 16.5 Å². The Balaban J connectivity index is 1.75. The number of furan rings is 1. The van der Waals surface area contributed by atoms with Gasteiger partial charge in [0.15, 0.2) is 0 Å². The molecule has 1 saturated heterocycles. The molecule has 1 aliphatic heterocycles. The molecule has 1 fully saturated rings. The van der Waals surface area contributed by atoms with Crippen molar-refractivity contribution in [2.75, 3.05) is 6.61 Å². The van der Waals surface area contributed by atoms with Crippen LogP contribution in [0.25, 0.3) is 0 Å². The van der Waals surface area contributed by atoms with E-state index in [1.165, 1.54) is 12.8 Å². The van der Waals surface area contributed by atoms with Crippen LogP contribution in [0.3, 0.4) is 0 Å². The minimum Gasteiger partial charge on any atom is -0.465 e. The monoisotopic (exact) mass is 238 g/mol. The minimum absolute atomic E-state index is 0.116. The third-order valence-electron chi connectivity index (χ3n) is 3.35. The van der Waals surface area contributed by atoms with Gasteiger partial charge in [0.1, 0.15) is 11.5 Å². The molecule has 1 aromatic heterocycles. The molecule has 1 aromatic rings. The summed E-state index contributed by atoms with van der Waals surface area (Å²) >= 11 is 0. The van der Waals surface area contributed by atoms with Crippen LogP contribution < -0.4 is 11.3 Å². The highest BCUT2D eigenvalue weighted by molar-refractivity contribution is 5.09. The summed E-state index contributed by atoms with van der Waals surface area (Å²) in [4.78, 5) is 0. The van der Waals surface area contributed by atoms with Crippen LogP contribution in [-0.4, -0.2) is 12.7 Å². The zero-order valence-electron chi connectivity index (χ0n) is 10.4. The van der Waals surface area contributed by atoms with Gasteiger partial charge in [0.25, 0.3) is 0 Å². The third kappa shape index (κ3) is 3.56. The second kappa shape index (κ2) is 6.19. The molecule has 2 heterocycles. The lowest BCUT2D eigenvalue weighted by Gasteiger charge is -2.14. The molecule has 17 heavy (non-hydrogen) atoms. The van der Waals surface area contributed by atoms with E-state index < -0.39 is 0 Å². The molecule has 0 bridgehead atoms. The molecule has 0 aliphatic carbocycles. The van der Waals surface area contributed by atoms with Gasteiger partial charge >= 0.3 is 0 Å². The number of hydrazine groups is 1. The minimum atomic E-state index is 0.116. The van der Waals surface area contributed by atoms with Crippen molar-refractivity contribution < 1.29 is 9.15 Å². The average molecular weight is 238 g/mol. The largest absolute Gasteiger partial charge is 0.465 e. The Labute approximate surface area is 102 Å². The van der Waals surface area contributed by atoms with Gasteiger partial charge < -0.3 is 9.15 Å². The maximum Gasteiger partial charge on any atom is 0.122 e. The van der Waals surface area contributed by atoms with E-state index in [4.69, 9.17) is 15.0 Å². The van der Waals surface area contributed by atoms with Crippen LogP contribution in [0.4, 0.5) is 0 Å². The summed E-state index contributed by atoms with van der Waals surface area (Å²) in [7, 11) is 0. The van der Waals surface area contributed by atoms with Crippen molar-refractivity contribution >= 4 is 0 Å². The van der Waals surface area contributed by atoms with Crippen molar-refractivity contribution in [2.24, 2.45) is 5.84 Å². The Morgan fingerprint density at radius 2 is 2.41 bits per heavy atom. The molecule has 2 rings (SSSR count). The van der Waals surface area contributed by atoms with E-state index in [0.29, 0.717) is 6.10 Å². The van der Waals surface area contributed by atoms with Gasteiger partial charge in [0.2, 0.25) is 0 Å². The predicted octanol–water partition coefficient (Wildman–Crippen LogP) is 2.44. The summed E-state index contributed by atoms with van der Waals surface area (Å²) in [6.45, 7) is 2.88. The zero-order chi connectivity index (χ0) is 12.1. The molecule has 2 unspecified atom stereocenters. The van der Waals surface area contributed by atoms with Crippen molar-refractivity contribution in [3.05, 3.63) is 23.7 Å². The van der Waals surface area contributed by atoms with Gasteiger partial charge in [-0.15, -0.1) is 0 Å². The molecule has 3 N–H and O–H groups in total. The van der Waals surface area contributed by atoms with E-state index >= 15 is 0 Å². The van der Waals surface area contributed by atoms with Crippen molar-refractivity contribution in [1.29, 1.82) is 0 Å². The summed E-state index contributed by atoms with van der Waals surface area (Å²) < 4.78 is 11.2. The van der Waals surface area contributed by atoms with Crippen LogP contribution in [0.5, 0.6) is 0 Å². The van der Waals surface area contributed by atoms with Crippen molar-refractivity contribution in [2.45, 2.75) is 51.2 Å². The Morgan fingerprint density at radius 3 is 3.00 bits per heavy atom. The van der Waals surface area contributed by atoms with Crippen LogP contribution in [0.1, 0.15) is 49.7 Å². The highest BCUT2D eigenvalue weighted by Crippen LogP contribution is 2.23. The first-order chi connectivity index (χ1) is 8.29. The fourth-order valence-corrected chi connectivity index (χ4v) is 2.37. The lowest BCUT2D eigenvalue weighted by molar-refractivity contribution is 0.101. The van der Waals surface area contributed by atoms with Crippen LogP contribution in [-0.2, 0) is 4.74 Å². The normalized spacial score (nSPS) is 21.9. The van der Waals surface area contributed by atoms with Crippen LogP contribution in [0.2, 0.25) is 0 Å². The van der Waals surface area contributed by atoms with E-state index in [1.54, 1.807) is 0 Å². The fraction of sp³-hybridized carbons (Fsp3) is 0.692. The van der Waals surface area contributed by atoms with Gasteiger partial charge in [-0.25, -0.2) is 5.43 Å². The predicted molar refractivity (Wildman–Crippen MR) is 66.3 cm³/mol. The second-order valence-electron chi connectivity index (χ2n) is 4.73. The molecular weight excluding hydrogens is 216 g/mol. The number of nitrogens with one attached hydrogen (secondary N) is 1. The van der Waals surface area contributed by atoms with E-state index in [1.807, 2.05) is 19.1 Å². The number of rotatable bonds is 6. The quantitative estimate of drug-likeness (QED) is 0.590. The number of hydrogen-bond donors (Lipinski definition) is 2. The van der Waals surface area contributed by atoms with E-state index in [-0.39, 0.29) is 6.04 Å². The fourth-order valence-electron chi connectivity index (χ4n) is 2.37. The van der Waals surface area contributed by atoms with Crippen molar-refractivity contribution in [1.82, 2.24) is 5.43 Å². The maximum atomic E-state index is 5.60. The highest BCUT2D eigenvalue weighted by Gasteiger charge is 2.17. The SMILES string of the molecule is Cc1ccc(C(CCCC2CCCO2)NN)o1. The number of aryl methyl sites for hydroxylation is 1. The van der Waals surface area contributed by atoms with Crippen LogP contribution >= 0.6 is 0 Å². The van der Waals surface area contributed by atoms with Crippen molar-refractivity contribution in [3.63, 3.8) is 0 Å². The molecule has 0 spiro atoms. The summed E-state index contributed by atoms with van der Waals surface area (Å²) in [5.41, 5.74) is 2.82. The molecule has 0 aromatic carbocycles. The number of hydrogen-bond acceptors (Lipinski definition) is 4. The van der Waals surface area contributed by atoms with Gasteiger partial charge in [-0.1, -0.05) is 0 Å². The summed E-state index contributed by atoms with van der Waals surface area (Å²) in [5, 5.41) is 0. The zero-order valence-corrected chi connectivity index (χ0v) is 10.4.